The quantitative estimate of drug-likeness (QED) is 0.207. The molecule has 2 aromatic rings. The molecule has 0 spiro atoms. The Labute approximate surface area is 259 Å². The fourth-order valence-corrected chi connectivity index (χ4v) is 7.55. The molecule has 3 aliphatic carbocycles. The van der Waals surface area contributed by atoms with Crippen molar-refractivity contribution in [2.75, 3.05) is 24.7 Å². The maximum atomic E-state index is 14.4. The SMILES string of the molecule is CN(C)[C@@H]1C(=O)C(C(N)=O)C(=O)[C@@]2(C#N)C(=O)C3C(=O)c4c(O)ccc(-c5ccc(NC(=O)CBr)cc5)c4C[C@@]3(N)C[C@@]12N. The molecule has 14 heteroatoms. The van der Waals surface area contributed by atoms with Gasteiger partial charge in [-0.25, -0.2) is 0 Å². The Kier molecular flexibility index (Phi) is 7.37. The van der Waals surface area contributed by atoms with Crippen LogP contribution in [0.15, 0.2) is 36.4 Å². The van der Waals surface area contributed by atoms with Crippen molar-refractivity contribution in [3.05, 3.63) is 47.5 Å². The van der Waals surface area contributed by atoms with Gasteiger partial charge >= 0.3 is 0 Å². The average molecular weight is 666 g/mol. The van der Waals surface area contributed by atoms with Crippen molar-refractivity contribution in [2.24, 2.45) is 34.5 Å². The first kappa shape index (κ1) is 31.1. The zero-order valence-electron chi connectivity index (χ0n) is 23.7. The van der Waals surface area contributed by atoms with E-state index in [0.717, 1.165) is 0 Å². The van der Waals surface area contributed by atoms with Crippen molar-refractivity contribution >= 4 is 56.6 Å². The summed E-state index contributed by atoms with van der Waals surface area (Å²) >= 11 is 3.08. The molecule has 2 fully saturated rings. The van der Waals surface area contributed by atoms with Gasteiger partial charge in [-0.1, -0.05) is 34.1 Å². The van der Waals surface area contributed by atoms with E-state index < -0.39 is 75.6 Å². The van der Waals surface area contributed by atoms with E-state index in [1.807, 2.05) is 0 Å². The van der Waals surface area contributed by atoms with Gasteiger partial charge in [0.05, 0.1) is 28.5 Å². The summed E-state index contributed by atoms with van der Waals surface area (Å²) in [6, 6.07) is 9.74. The minimum atomic E-state index is -2.81. The molecule has 2 aromatic carbocycles. The van der Waals surface area contributed by atoms with E-state index in [0.29, 0.717) is 22.4 Å². The van der Waals surface area contributed by atoms with E-state index in [2.05, 4.69) is 21.2 Å². The van der Waals surface area contributed by atoms with Crippen LogP contribution in [-0.4, -0.2) is 81.5 Å². The standard InChI is InChI=1S/C30H29BrN6O7/c1-37(2)24-23(41)20(27(33)44)25(42)29(12-32)26(43)21-22(40)19-16(9-28(21,34)11-30(24,29)35)15(7-8-17(19)38)13-3-5-14(6-4-13)36-18(39)10-31/h3-8,20-21,24,38H,9-11,34-35H2,1-2H3,(H2,33,44)(H,36,39)/t20?,21?,24-,28-,29+,30-/m1/s1. The molecule has 6 atom stereocenters. The van der Waals surface area contributed by atoms with E-state index >= 15 is 0 Å². The Morgan fingerprint density at radius 1 is 1.09 bits per heavy atom. The van der Waals surface area contributed by atoms with Crippen LogP contribution in [0.5, 0.6) is 5.75 Å². The Hall–Kier alpha value is -4.29. The van der Waals surface area contributed by atoms with Crippen molar-refractivity contribution in [3.63, 3.8) is 0 Å². The van der Waals surface area contributed by atoms with E-state index in [1.165, 1.54) is 25.1 Å². The first-order chi connectivity index (χ1) is 20.6. The normalized spacial score (nSPS) is 31.1. The molecule has 5 rings (SSSR count). The van der Waals surface area contributed by atoms with Gasteiger partial charge in [0.2, 0.25) is 11.8 Å². The summed E-state index contributed by atoms with van der Waals surface area (Å²) in [6.07, 6.45) is -0.702. The fourth-order valence-electron chi connectivity index (χ4n) is 7.41. The van der Waals surface area contributed by atoms with Crippen LogP contribution in [0.2, 0.25) is 0 Å². The molecule has 0 bridgehead atoms. The number of hydrogen-bond acceptors (Lipinski definition) is 11. The fraction of sp³-hybridized carbons (Fsp3) is 0.367. The first-order valence-corrected chi connectivity index (χ1v) is 14.6. The molecule has 0 aliphatic heterocycles. The van der Waals surface area contributed by atoms with Gasteiger partial charge in [0, 0.05) is 11.2 Å². The summed E-state index contributed by atoms with van der Waals surface area (Å²) in [5.74, 6) is -10.5. The second-order valence-corrected chi connectivity index (χ2v) is 12.4. The number of benzene rings is 2. The highest BCUT2D eigenvalue weighted by Gasteiger charge is 2.78. The average Bonchev–Trinajstić information content (AvgIpc) is 2.92. The van der Waals surface area contributed by atoms with Gasteiger partial charge in [-0.15, -0.1) is 0 Å². The van der Waals surface area contributed by atoms with Crippen LogP contribution in [-0.2, 0) is 30.4 Å². The molecule has 2 saturated carbocycles. The molecule has 0 aromatic heterocycles. The number of primary amides is 1. The highest BCUT2D eigenvalue weighted by Crippen LogP contribution is 2.57. The van der Waals surface area contributed by atoms with Crippen LogP contribution in [0.4, 0.5) is 5.69 Å². The summed E-state index contributed by atoms with van der Waals surface area (Å²) in [4.78, 5) is 81.3. The Bertz CT molecular complexity index is 1720. The second kappa shape index (κ2) is 10.4. The van der Waals surface area contributed by atoms with Crippen LogP contribution < -0.4 is 22.5 Å². The number of nitrogens with zero attached hydrogens (tertiary/aromatic N) is 2. The van der Waals surface area contributed by atoms with Crippen molar-refractivity contribution in [1.29, 1.82) is 5.26 Å². The van der Waals surface area contributed by atoms with E-state index in [9.17, 15) is 39.1 Å². The summed E-state index contributed by atoms with van der Waals surface area (Å²) < 4.78 is 0. The minimum absolute atomic E-state index is 0.103. The highest BCUT2D eigenvalue weighted by molar-refractivity contribution is 9.09. The summed E-state index contributed by atoms with van der Waals surface area (Å²) in [6.45, 7) is 0. The predicted molar refractivity (Wildman–Crippen MR) is 159 cm³/mol. The lowest BCUT2D eigenvalue weighted by Gasteiger charge is -2.60. The largest absolute Gasteiger partial charge is 0.507 e. The van der Waals surface area contributed by atoms with Crippen molar-refractivity contribution in [2.45, 2.75) is 30.0 Å². The number of alkyl halides is 1. The molecule has 44 heavy (non-hydrogen) atoms. The van der Waals surface area contributed by atoms with E-state index in [-0.39, 0.29) is 23.2 Å². The lowest BCUT2D eigenvalue weighted by atomic mass is 9.42. The monoisotopic (exact) mass is 664 g/mol. The number of anilines is 1. The van der Waals surface area contributed by atoms with Gasteiger partial charge in [0.25, 0.3) is 0 Å². The predicted octanol–water partition coefficient (Wildman–Crippen LogP) is -0.191. The van der Waals surface area contributed by atoms with Gasteiger partial charge < -0.3 is 27.6 Å². The number of hydrogen-bond donors (Lipinski definition) is 5. The Morgan fingerprint density at radius 3 is 2.27 bits per heavy atom. The number of likely N-dealkylation sites (N-methyl/N-ethyl adjacent to an activating group) is 1. The summed E-state index contributed by atoms with van der Waals surface area (Å²) in [7, 11) is 2.88. The number of fused-ring (bicyclic) bond motifs is 3. The minimum Gasteiger partial charge on any atom is -0.507 e. The number of halogens is 1. The first-order valence-electron chi connectivity index (χ1n) is 13.5. The number of phenolic OH excluding ortho intramolecular Hbond substituents is 1. The maximum Gasteiger partial charge on any atom is 0.235 e. The number of carbonyl (C=O) groups excluding carboxylic acids is 6. The molecule has 0 heterocycles. The van der Waals surface area contributed by atoms with E-state index in [1.54, 1.807) is 36.4 Å². The number of nitriles is 1. The Morgan fingerprint density at radius 2 is 1.73 bits per heavy atom. The zero-order valence-corrected chi connectivity index (χ0v) is 25.3. The van der Waals surface area contributed by atoms with Crippen molar-refractivity contribution in [3.8, 4) is 22.9 Å². The van der Waals surface area contributed by atoms with Crippen LogP contribution in [0, 0.1) is 28.6 Å². The van der Waals surface area contributed by atoms with Crippen LogP contribution >= 0.6 is 15.9 Å². The third-order valence-corrected chi connectivity index (χ3v) is 9.58. The third-order valence-electron chi connectivity index (χ3n) is 9.08. The summed E-state index contributed by atoms with van der Waals surface area (Å²) in [5.41, 5.74) is 14.0. The number of aromatic hydroxyl groups is 1. The lowest BCUT2D eigenvalue weighted by Crippen LogP contribution is -2.85. The molecule has 0 saturated heterocycles. The number of phenols is 1. The van der Waals surface area contributed by atoms with Crippen molar-refractivity contribution < 1.29 is 33.9 Å². The number of Topliss-reactive ketones (excluding diaryl/α,β-unsaturated/α-hetero) is 4. The number of nitrogens with one attached hydrogen (secondary N) is 1. The van der Waals surface area contributed by atoms with Crippen molar-refractivity contribution in [1.82, 2.24) is 4.90 Å². The molecular weight excluding hydrogens is 636 g/mol. The third kappa shape index (κ3) is 4.07. The van der Waals surface area contributed by atoms with E-state index in [4.69, 9.17) is 17.2 Å². The molecule has 8 N–H and O–H groups in total. The molecule has 2 amide bonds. The highest BCUT2D eigenvalue weighted by atomic mass is 79.9. The molecule has 2 unspecified atom stereocenters. The topological polar surface area (TPSA) is 240 Å². The van der Waals surface area contributed by atoms with Gasteiger partial charge in [0.1, 0.15) is 11.7 Å². The molecule has 13 nitrogen and oxygen atoms in total. The van der Waals surface area contributed by atoms with Gasteiger partial charge in [-0.05, 0) is 61.8 Å². The van der Waals surface area contributed by atoms with Crippen LogP contribution in [0.1, 0.15) is 22.3 Å². The zero-order chi connectivity index (χ0) is 32.5. The number of carbonyl (C=O) groups is 6. The lowest BCUT2D eigenvalue weighted by molar-refractivity contribution is -0.166. The maximum absolute atomic E-state index is 14.4. The van der Waals surface area contributed by atoms with Crippen LogP contribution in [0.25, 0.3) is 11.1 Å². The number of amides is 2. The molecule has 228 valence electrons. The smallest absolute Gasteiger partial charge is 0.235 e. The molecule has 0 radical (unpaired) electrons. The van der Waals surface area contributed by atoms with Crippen LogP contribution in [0.3, 0.4) is 0 Å². The van der Waals surface area contributed by atoms with Gasteiger partial charge in [0.15, 0.2) is 34.5 Å². The number of nitrogens with two attached hydrogens (primary N) is 3. The number of rotatable bonds is 5. The summed E-state index contributed by atoms with van der Waals surface area (Å²) in [5, 5.41) is 24.1. The number of ketones is 4. The molecular formula is C30H29BrN6O7. The van der Waals surface area contributed by atoms with Gasteiger partial charge in [-0.3, -0.25) is 33.7 Å². The second-order valence-electron chi connectivity index (χ2n) is 11.9. The van der Waals surface area contributed by atoms with Gasteiger partial charge in [-0.2, -0.15) is 5.26 Å². The molecule has 3 aliphatic rings. The Balaban J connectivity index is 1.70.